The van der Waals surface area contributed by atoms with Crippen LogP contribution in [-0.2, 0) is 0 Å². The summed E-state index contributed by atoms with van der Waals surface area (Å²) in [6.07, 6.45) is 1.74. The summed E-state index contributed by atoms with van der Waals surface area (Å²) >= 11 is 0. The van der Waals surface area contributed by atoms with E-state index < -0.39 is 0 Å². The van der Waals surface area contributed by atoms with Crippen LogP contribution in [0.25, 0.3) is 0 Å². The molecule has 0 saturated heterocycles. The molecule has 0 heterocycles. The molecule has 0 aliphatic rings. The highest BCUT2D eigenvalue weighted by Crippen LogP contribution is 2.08. The van der Waals surface area contributed by atoms with Crippen molar-refractivity contribution in [2.75, 3.05) is 0 Å². The lowest BCUT2D eigenvalue weighted by Gasteiger charge is -1.92. The molecule has 0 saturated carbocycles. The van der Waals surface area contributed by atoms with Gasteiger partial charge >= 0.3 is 0 Å². The van der Waals surface area contributed by atoms with Crippen molar-refractivity contribution >= 4 is 5.71 Å². The van der Waals surface area contributed by atoms with Crippen molar-refractivity contribution < 1.29 is 4.39 Å². The van der Waals surface area contributed by atoms with E-state index in [9.17, 15) is 4.39 Å². The summed E-state index contributed by atoms with van der Waals surface area (Å²) < 4.78 is 12.6. The first-order valence-corrected chi connectivity index (χ1v) is 3.09. The molecule has 0 radical (unpaired) electrons. The zero-order chi connectivity index (χ0) is 8.15. The second kappa shape index (κ2) is 3.99. The van der Waals surface area contributed by atoms with Crippen molar-refractivity contribution in [1.29, 1.82) is 5.41 Å². The Labute approximate surface area is 60.8 Å². The van der Waals surface area contributed by atoms with Crippen molar-refractivity contribution in [3.05, 3.63) is 24.1 Å². The lowest BCUT2D eigenvalue weighted by molar-refractivity contribution is 0.649. The number of hydrogen-bond donors (Lipinski definition) is 1. The topological polar surface area (TPSA) is 23.9 Å². The molecule has 0 aliphatic carbocycles. The smallest absolute Gasteiger partial charge is 0.121 e. The lowest BCUT2D eigenvalue weighted by atomic mass is 10.2. The summed E-state index contributed by atoms with van der Waals surface area (Å²) in [5.41, 5.74) is 0.873. The molecule has 0 bridgehead atoms. The van der Waals surface area contributed by atoms with Gasteiger partial charge in [0.15, 0.2) is 0 Å². The monoisotopic (exact) mass is 141 g/mol. The molecule has 0 aromatic rings. The van der Waals surface area contributed by atoms with Gasteiger partial charge in [0.2, 0.25) is 0 Å². The highest BCUT2D eigenvalue weighted by atomic mass is 19.1. The minimum atomic E-state index is -0.313. The molecule has 0 amide bonds. The maximum atomic E-state index is 12.6. The van der Waals surface area contributed by atoms with Gasteiger partial charge in [-0.2, -0.15) is 0 Å². The van der Waals surface area contributed by atoms with E-state index in [4.69, 9.17) is 5.41 Å². The zero-order valence-electron chi connectivity index (χ0n) is 6.37. The van der Waals surface area contributed by atoms with Gasteiger partial charge in [0.25, 0.3) is 0 Å². The Bertz CT molecular complexity index is 180. The van der Waals surface area contributed by atoms with Crippen LogP contribution in [0, 0.1) is 5.41 Å². The third kappa shape index (κ3) is 4.01. The number of nitrogens with one attached hydrogen (secondary N) is 1. The number of allylic oxidation sites excluding steroid dienone is 3. The second-order valence-electron chi connectivity index (χ2n) is 2.32. The molecule has 0 aromatic carbocycles. The van der Waals surface area contributed by atoms with Gasteiger partial charge in [0, 0.05) is 12.1 Å². The Kier molecular flexibility index (Phi) is 3.62. The van der Waals surface area contributed by atoms with E-state index in [1.54, 1.807) is 13.8 Å². The zero-order valence-corrected chi connectivity index (χ0v) is 6.37. The van der Waals surface area contributed by atoms with Gasteiger partial charge in [0.1, 0.15) is 5.83 Å². The molecular formula is C8H12FN. The molecule has 56 valence electrons. The van der Waals surface area contributed by atoms with E-state index in [0.717, 1.165) is 0 Å². The molecule has 1 nitrogen and oxygen atoms in total. The van der Waals surface area contributed by atoms with Gasteiger partial charge in [-0.05, 0) is 25.5 Å². The maximum Gasteiger partial charge on any atom is 0.121 e. The van der Waals surface area contributed by atoms with Gasteiger partial charge in [-0.1, -0.05) is 6.58 Å². The fourth-order valence-corrected chi connectivity index (χ4v) is 0.417. The Morgan fingerprint density at radius 2 is 2.10 bits per heavy atom. The summed E-state index contributed by atoms with van der Waals surface area (Å²) in [6.45, 7) is 6.66. The Morgan fingerprint density at radius 3 is 2.40 bits per heavy atom. The van der Waals surface area contributed by atoms with Crippen LogP contribution < -0.4 is 0 Å². The molecule has 0 atom stereocenters. The molecule has 1 N–H and O–H groups in total. The third-order valence-electron chi connectivity index (χ3n) is 0.995. The maximum absolute atomic E-state index is 12.6. The lowest BCUT2D eigenvalue weighted by Crippen LogP contribution is -1.84. The molecule has 0 spiro atoms. The van der Waals surface area contributed by atoms with Crippen LogP contribution in [0.3, 0.4) is 0 Å². The predicted octanol–water partition coefficient (Wildman–Crippen LogP) is 2.85. The standard InChI is InChI=1S/C8H12FN/c1-6(2)8(9)5-4-7(3)10/h5,10H,1,4H2,2-3H3. The number of rotatable bonds is 3. The SMILES string of the molecule is C=C(C)C(F)=CCC(C)=N. The summed E-state index contributed by atoms with van der Waals surface area (Å²) in [7, 11) is 0. The largest absolute Gasteiger partial charge is 0.310 e. The molecule has 0 aromatic heterocycles. The van der Waals surface area contributed by atoms with Crippen molar-refractivity contribution in [3.8, 4) is 0 Å². The summed E-state index contributed by atoms with van der Waals surface area (Å²) in [6, 6.07) is 0. The van der Waals surface area contributed by atoms with E-state index in [2.05, 4.69) is 6.58 Å². The normalized spacial score (nSPS) is 11.3. The minimum absolute atomic E-state index is 0.313. The van der Waals surface area contributed by atoms with E-state index in [1.165, 1.54) is 6.08 Å². The summed E-state index contributed by atoms with van der Waals surface area (Å²) in [4.78, 5) is 0. The van der Waals surface area contributed by atoms with Crippen molar-refractivity contribution in [2.45, 2.75) is 20.3 Å². The molecular weight excluding hydrogens is 129 g/mol. The van der Waals surface area contributed by atoms with Crippen molar-refractivity contribution in [2.24, 2.45) is 0 Å². The van der Waals surface area contributed by atoms with Crippen LogP contribution in [0.15, 0.2) is 24.1 Å². The van der Waals surface area contributed by atoms with Gasteiger partial charge in [0.05, 0.1) is 0 Å². The van der Waals surface area contributed by atoms with Crippen LogP contribution in [0.5, 0.6) is 0 Å². The highest BCUT2D eigenvalue weighted by molar-refractivity contribution is 5.80. The van der Waals surface area contributed by atoms with E-state index in [-0.39, 0.29) is 5.83 Å². The Balaban J connectivity index is 3.92. The predicted molar refractivity (Wildman–Crippen MR) is 42.0 cm³/mol. The van der Waals surface area contributed by atoms with E-state index in [1.807, 2.05) is 0 Å². The number of halogens is 1. The second-order valence-corrected chi connectivity index (χ2v) is 2.32. The average Bonchev–Trinajstić information content (AvgIpc) is 1.82. The van der Waals surface area contributed by atoms with E-state index in [0.29, 0.717) is 17.7 Å². The first-order chi connectivity index (χ1) is 4.54. The quantitative estimate of drug-likeness (QED) is 0.461. The molecule has 0 rings (SSSR count). The van der Waals surface area contributed by atoms with E-state index >= 15 is 0 Å². The van der Waals surface area contributed by atoms with Crippen molar-refractivity contribution in [1.82, 2.24) is 0 Å². The summed E-state index contributed by atoms with van der Waals surface area (Å²) in [5, 5.41) is 6.99. The molecule has 0 fully saturated rings. The summed E-state index contributed by atoms with van der Waals surface area (Å²) in [5.74, 6) is -0.313. The van der Waals surface area contributed by atoms with Crippen LogP contribution in [0.4, 0.5) is 4.39 Å². The van der Waals surface area contributed by atoms with Crippen molar-refractivity contribution in [3.63, 3.8) is 0 Å². The Hall–Kier alpha value is -0.920. The first-order valence-electron chi connectivity index (χ1n) is 3.09. The fourth-order valence-electron chi connectivity index (χ4n) is 0.417. The third-order valence-corrected chi connectivity index (χ3v) is 0.995. The van der Waals surface area contributed by atoms with Gasteiger partial charge < -0.3 is 5.41 Å². The van der Waals surface area contributed by atoms with Gasteiger partial charge in [-0.15, -0.1) is 0 Å². The first kappa shape index (κ1) is 9.08. The molecule has 10 heavy (non-hydrogen) atoms. The fraction of sp³-hybridized carbons (Fsp3) is 0.375. The molecule has 0 unspecified atom stereocenters. The molecule has 0 aliphatic heterocycles. The number of hydrogen-bond acceptors (Lipinski definition) is 1. The van der Waals surface area contributed by atoms with Gasteiger partial charge in [-0.25, -0.2) is 4.39 Å². The van der Waals surface area contributed by atoms with Crippen LogP contribution >= 0.6 is 0 Å². The average molecular weight is 141 g/mol. The van der Waals surface area contributed by atoms with Crippen LogP contribution in [-0.4, -0.2) is 5.71 Å². The van der Waals surface area contributed by atoms with Gasteiger partial charge in [-0.3, -0.25) is 0 Å². The molecule has 2 heteroatoms. The van der Waals surface area contributed by atoms with Crippen LogP contribution in [0.2, 0.25) is 0 Å². The Morgan fingerprint density at radius 1 is 1.60 bits per heavy atom. The van der Waals surface area contributed by atoms with Crippen LogP contribution in [0.1, 0.15) is 20.3 Å². The highest BCUT2D eigenvalue weighted by Gasteiger charge is 1.93. The minimum Gasteiger partial charge on any atom is -0.310 e.